The predicted molar refractivity (Wildman–Crippen MR) is 83.8 cm³/mol. The summed E-state index contributed by atoms with van der Waals surface area (Å²) in [6.45, 7) is 6.30. The van der Waals surface area contributed by atoms with Crippen molar-refractivity contribution in [3.05, 3.63) is 35.4 Å². The first-order valence-electron chi connectivity index (χ1n) is 7.78. The van der Waals surface area contributed by atoms with E-state index in [1.165, 1.54) is 24.0 Å². The highest BCUT2D eigenvalue weighted by molar-refractivity contribution is 5.25. The number of methoxy groups -OCH3 is 1. The van der Waals surface area contributed by atoms with Crippen LogP contribution in [-0.2, 0) is 11.2 Å². The van der Waals surface area contributed by atoms with Crippen molar-refractivity contribution in [3.8, 4) is 0 Å². The fourth-order valence-electron chi connectivity index (χ4n) is 3.05. The van der Waals surface area contributed by atoms with Crippen molar-refractivity contribution in [2.75, 3.05) is 33.4 Å². The molecule has 112 valence electrons. The number of hydrogen-bond acceptors (Lipinski definition) is 3. The molecular formula is C17H28N2O. The molecule has 2 rings (SSSR count). The highest BCUT2D eigenvalue weighted by Crippen LogP contribution is 2.20. The van der Waals surface area contributed by atoms with Gasteiger partial charge in [-0.25, -0.2) is 0 Å². The molecule has 0 saturated carbocycles. The van der Waals surface area contributed by atoms with Crippen LogP contribution in [0.2, 0.25) is 0 Å². The van der Waals surface area contributed by atoms with Crippen LogP contribution in [0.5, 0.6) is 0 Å². The molecule has 2 atom stereocenters. The average molecular weight is 276 g/mol. The van der Waals surface area contributed by atoms with Gasteiger partial charge in [-0.1, -0.05) is 37.6 Å². The fraction of sp³-hybridized carbons (Fsp3) is 0.647. The number of nitrogens with zero attached hydrogens (tertiary/aromatic N) is 1. The number of hydrogen-bond donors (Lipinski definition) is 1. The van der Waals surface area contributed by atoms with Crippen LogP contribution >= 0.6 is 0 Å². The summed E-state index contributed by atoms with van der Waals surface area (Å²) in [5.41, 5.74) is 9.00. The molecule has 1 saturated heterocycles. The van der Waals surface area contributed by atoms with Gasteiger partial charge in [-0.15, -0.1) is 0 Å². The molecule has 1 aliphatic heterocycles. The highest BCUT2D eigenvalue weighted by atomic mass is 16.5. The molecule has 3 heteroatoms. The lowest BCUT2D eigenvalue weighted by Gasteiger charge is -2.21. The van der Waals surface area contributed by atoms with Crippen molar-refractivity contribution in [3.63, 3.8) is 0 Å². The second-order valence-electron chi connectivity index (χ2n) is 5.97. The van der Waals surface area contributed by atoms with Crippen molar-refractivity contribution < 1.29 is 4.74 Å². The number of aryl methyl sites for hydroxylation is 1. The molecule has 2 N–H and O–H groups in total. The quantitative estimate of drug-likeness (QED) is 0.832. The monoisotopic (exact) mass is 276 g/mol. The Bertz CT molecular complexity index is 390. The molecule has 3 nitrogen and oxygen atoms in total. The van der Waals surface area contributed by atoms with Crippen molar-refractivity contribution in [2.24, 2.45) is 11.7 Å². The minimum absolute atomic E-state index is 0.118. The van der Waals surface area contributed by atoms with Gasteiger partial charge in [-0.3, -0.25) is 0 Å². The molecule has 1 aromatic rings. The van der Waals surface area contributed by atoms with Gasteiger partial charge in [0, 0.05) is 26.2 Å². The molecule has 1 heterocycles. The van der Waals surface area contributed by atoms with Gasteiger partial charge in [-0.2, -0.15) is 0 Å². The van der Waals surface area contributed by atoms with E-state index >= 15 is 0 Å². The van der Waals surface area contributed by atoms with Crippen LogP contribution in [0.1, 0.15) is 36.9 Å². The zero-order valence-electron chi connectivity index (χ0n) is 12.8. The van der Waals surface area contributed by atoms with Crippen LogP contribution in [-0.4, -0.2) is 38.3 Å². The molecular weight excluding hydrogens is 248 g/mol. The number of likely N-dealkylation sites (tertiary alicyclic amines) is 1. The maximum Gasteiger partial charge on any atom is 0.0503 e. The van der Waals surface area contributed by atoms with Gasteiger partial charge in [0.25, 0.3) is 0 Å². The third-order valence-electron chi connectivity index (χ3n) is 4.17. The lowest BCUT2D eigenvalue weighted by molar-refractivity contribution is 0.152. The summed E-state index contributed by atoms with van der Waals surface area (Å²) in [6.07, 6.45) is 3.58. The Morgan fingerprint density at radius 1 is 1.35 bits per heavy atom. The van der Waals surface area contributed by atoms with E-state index in [4.69, 9.17) is 10.5 Å². The Balaban J connectivity index is 1.84. The normalized spacial score (nSPS) is 21.2. The second kappa shape index (κ2) is 7.77. The van der Waals surface area contributed by atoms with Gasteiger partial charge in [0.1, 0.15) is 0 Å². The minimum Gasteiger partial charge on any atom is -0.384 e. The Morgan fingerprint density at radius 3 is 2.75 bits per heavy atom. The van der Waals surface area contributed by atoms with Crippen molar-refractivity contribution in [2.45, 2.75) is 32.2 Å². The van der Waals surface area contributed by atoms with E-state index in [1.54, 1.807) is 7.11 Å². The van der Waals surface area contributed by atoms with Crippen LogP contribution in [0.25, 0.3) is 0 Å². The van der Waals surface area contributed by atoms with E-state index in [9.17, 15) is 0 Å². The topological polar surface area (TPSA) is 38.5 Å². The molecule has 1 fully saturated rings. The number of ether oxygens (including phenoxy) is 1. The van der Waals surface area contributed by atoms with Crippen LogP contribution in [0.15, 0.2) is 24.3 Å². The minimum atomic E-state index is 0.118. The van der Waals surface area contributed by atoms with Gasteiger partial charge in [-0.05, 0) is 36.4 Å². The van der Waals surface area contributed by atoms with E-state index in [0.717, 1.165) is 32.7 Å². The Morgan fingerprint density at radius 2 is 2.10 bits per heavy atom. The third kappa shape index (κ3) is 4.30. The van der Waals surface area contributed by atoms with Crippen LogP contribution < -0.4 is 5.73 Å². The van der Waals surface area contributed by atoms with Crippen LogP contribution in [0.3, 0.4) is 0 Å². The number of benzene rings is 1. The third-order valence-corrected chi connectivity index (χ3v) is 4.17. The molecule has 0 radical (unpaired) electrons. The van der Waals surface area contributed by atoms with E-state index < -0.39 is 0 Å². The fourth-order valence-corrected chi connectivity index (χ4v) is 3.05. The largest absolute Gasteiger partial charge is 0.384 e. The first kappa shape index (κ1) is 15.5. The summed E-state index contributed by atoms with van der Waals surface area (Å²) >= 11 is 0. The first-order chi connectivity index (χ1) is 9.72. The van der Waals surface area contributed by atoms with Crippen molar-refractivity contribution >= 4 is 0 Å². The molecule has 0 aliphatic carbocycles. The molecule has 20 heavy (non-hydrogen) atoms. The van der Waals surface area contributed by atoms with E-state index in [0.29, 0.717) is 5.92 Å². The molecule has 0 aromatic heterocycles. The summed E-state index contributed by atoms with van der Waals surface area (Å²) in [7, 11) is 1.78. The molecule has 1 aliphatic rings. The summed E-state index contributed by atoms with van der Waals surface area (Å²) in [5.74, 6) is 0.680. The second-order valence-corrected chi connectivity index (χ2v) is 5.97. The van der Waals surface area contributed by atoms with Crippen molar-refractivity contribution in [1.29, 1.82) is 0 Å². The van der Waals surface area contributed by atoms with Gasteiger partial charge >= 0.3 is 0 Å². The Kier molecular flexibility index (Phi) is 6.02. The average Bonchev–Trinajstić information content (AvgIpc) is 2.88. The van der Waals surface area contributed by atoms with Gasteiger partial charge in [0.2, 0.25) is 0 Å². The number of rotatable bonds is 7. The predicted octanol–water partition coefficient (Wildman–Crippen LogP) is 2.61. The zero-order chi connectivity index (χ0) is 14.4. The summed E-state index contributed by atoms with van der Waals surface area (Å²) in [5, 5.41) is 0. The Labute approximate surface area is 123 Å². The summed E-state index contributed by atoms with van der Waals surface area (Å²) in [6, 6.07) is 8.94. The lowest BCUT2D eigenvalue weighted by atomic mass is 10.0. The van der Waals surface area contributed by atoms with Gasteiger partial charge < -0.3 is 15.4 Å². The van der Waals surface area contributed by atoms with Crippen LogP contribution in [0.4, 0.5) is 0 Å². The zero-order valence-corrected chi connectivity index (χ0v) is 12.8. The SMILES string of the molecule is CCCc1ccc(C(N)CN2CCC(COC)C2)cc1. The highest BCUT2D eigenvalue weighted by Gasteiger charge is 2.23. The molecule has 0 spiro atoms. The number of nitrogens with two attached hydrogens (primary N) is 1. The van der Waals surface area contributed by atoms with Gasteiger partial charge in [0.05, 0.1) is 6.61 Å². The van der Waals surface area contributed by atoms with Gasteiger partial charge in [0.15, 0.2) is 0 Å². The van der Waals surface area contributed by atoms with E-state index in [-0.39, 0.29) is 6.04 Å². The smallest absolute Gasteiger partial charge is 0.0503 e. The summed E-state index contributed by atoms with van der Waals surface area (Å²) in [4.78, 5) is 2.47. The standard InChI is InChI=1S/C17H28N2O/c1-3-4-14-5-7-16(8-6-14)17(18)12-19-10-9-15(11-19)13-20-2/h5-8,15,17H,3-4,9-13,18H2,1-2H3. The Hall–Kier alpha value is -0.900. The maximum absolute atomic E-state index is 6.35. The van der Waals surface area contributed by atoms with Crippen LogP contribution in [0, 0.1) is 5.92 Å². The lowest BCUT2D eigenvalue weighted by Crippen LogP contribution is -2.31. The van der Waals surface area contributed by atoms with Crippen molar-refractivity contribution in [1.82, 2.24) is 4.90 Å². The maximum atomic E-state index is 6.35. The van der Waals surface area contributed by atoms with E-state index in [1.807, 2.05) is 0 Å². The van der Waals surface area contributed by atoms with E-state index in [2.05, 4.69) is 36.1 Å². The first-order valence-corrected chi connectivity index (χ1v) is 7.78. The molecule has 0 amide bonds. The molecule has 1 aromatic carbocycles. The molecule has 2 unspecified atom stereocenters. The molecule has 0 bridgehead atoms. The summed E-state index contributed by atoms with van der Waals surface area (Å²) < 4.78 is 5.24.